The predicted octanol–water partition coefficient (Wildman–Crippen LogP) is 6.38. The molecule has 0 saturated heterocycles. The van der Waals surface area contributed by atoms with Crippen molar-refractivity contribution in [1.82, 2.24) is 4.90 Å². The molecule has 29 heavy (non-hydrogen) atoms. The number of carbonyl (C=O) groups excluding carboxylic acids is 1. The maximum absolute atomic E-state index is 13.2. The van der Waals surface area contributed by atoms with Crippen LogP contribution in [0.5, 0.6) is 0 Å². The molecule has 0 bridgehead atoms. The van der Waals surface area contributed by atoms with Gasteiger partial charge in [-0.25, -0.2) is 0 Å². The topological polar surface area (TPSA) is 20.3 Å². The van der Waals surface area contributed by atoms with Crippen molar-refractivity contribution in [3.05, 3.63) is 105 Å². The Balaban J connectivity index is 1.61. The molecule has 2 nitrogen and oxygen atoms in total. The third-order valence-electron chi connectivity index (χ3n) is 5.90. The normalized spacial score (nSPS) is 15.0. The van der Waals surface area contributed by atoms with Gasteiger partial charge < -0.3 is 0 Å². The summed E-state index contributed by atoms with van der Waals surface area (Å²) in [6.07, 6.45) is 2.51. The van der Waals surface area contributed by atoms with Gasteiger partial charge >= 0.3 is 0 Å². The van der Waals surface area contributed by atoms with Crippen molar-refractivity contribution in [3.63, 3.8) is 0 Å². The number of nitrogens with zero attached hydrogens (tertiary/aromatic N) is 1. The average Bonchev–Trinajstić information content (AvgIpc) is 2.77. The van der Waals surface area contributed by atoms with E-state index in [0.29, 0.717) is 6.42 Å². The van der Waals surface area contributed by atoms with Crippen molar-refractivity contribution in [2.75, 3.05) is 6.54 Å². The highest BCUT2D eigenvalue weighted by Gasteiger charge is 2.27. The molecule has 0 saturated carbocycles. The number of fused-ring (bicyclic) bond motifs is 1. The molecule has 148 valence electrons. The van der Waals surface area contributed by atoms with E-state index >= 15 is 0 Å². The van der Waals surface area contributed by atoms with Crippen molar-refractivity contribution in [1.29, 1.82) is 0 Å². The molecule has 0 radical (unpaired) electrons. The van der Waals surface area contributed by atoms with Gasteiger partial charge in [0.05, 0.1) is 0 Å². The summed E-state index contributed by atoms with van der Waals surface area (Å²) in [5.41, 5.74) is 6.06. The highest BCUT2D eigenvalue weighted by Crippen LogP contribution is 2.32. The van der Waals surface area contributed by atoms with E-state index in [1.165, 1.54) is 22.3 Å². The highest BCUT2D eigenvalue weighted by atomic mass is 79.9. The van der Waals surface area contributed by atoms with Crippen LogP contribution in [0, 0.1) is 0 Å². The summed E-state index contributed by atoms with van der Waals surface area (Å²) in [6.45, 7) is 3.99. The first-order chi connectivity index (χ1) is 14.1. The smallest absolute Gasteiger partial charge is 0.164 e. The van der Waals surface area contributed by atoms with Gasteiger partial charge in [-0.15, -0.1) is 0 Å². The van der Waals surface area contributed by atoms with Gasteiger partial charge in [-0.1, -0.05) is 83.5 Å². The molecule has 3 aromatic rings. The maximum atomic E-state index is 13.2. The van der Waals surface area contributed by atoms with Gasteiger partial charge in [-0.2, -0.15) is 0 Å². The molecule has 1 atom stereocenters. The largest absolute Gasteiger partial charge is 0.294 e. The fourth-order valence-corrected chi connectivity index (χ4v) is 4.59. The van der Waals surface area contributed by atoms with Crippen LogP contribution in [-0.2, 0) is 19.4 Å². The maximum Gasteiger partial charge on any atom is 0.164 e. The van der Waals surface area contributed by atoms with Gasteiger partial charge in [0.25, 0.3) is 0 Å². The number of hydrogen-bond acceptors (Lipinski definition) is 2. The summed E-state index contributed by atoms with van der Waals surface area (Å²) in [5, 5.41) is 0. The number of halogens is 1. The van der Waals surface area contributed by atoms with Crippen LogP contribution in [0.25, 0.3) is 0 Å². The zero-order valence-corrected chi connectivity index (χ0v) is 18.4. The van der Waals surface area contributed by atoms with Crippen molar-refractivity contribution < 1.29 is 4.79 Å². The van der Waals surface area contributed by atoms with Gasteiger partial charge in [-0.3, -0.25) is 9.69 Å². The molecule has 0 aromatic heterocycles. The number of rotatable bonds is 6. The number of carbonyl (C=O) groups is 1. The molecule has 0 amide bonds. The Morgan fingerprint density at radius 2 is 1.76 bits per heavy atom. The third-order valence-corrected chi connectivity index (χ3v) is 6.39. The highest BCUT2D eigenvalue weighted by molar-refractivity contribution is 9.10. The average molecular weight is 448 g/mol. The summed E-state index contributed by atoms with van der Waals surface area (Å²) in [6, 6.07) is 25.2. The Morgan fingerprint density at radius 3 is 2.48 bits per heavy atom. The minimum atomic E-state index is 0.0687. The van der Waals surface area contributed by atoms with Crippen molar-refractivity contribution in [3.8, 4) is 0 Å². The first-order valence-electron chi connectivity index (χ1n) is 10.3. The van der Waals surface area contributed by atoms with Crippen LogP contribution in [0.3, 0.4) is 0 Å². The number of aryl methyl sites for hydroxylation is 1. The summed E-state index contributed by atoms with van der Waals surface area (Å²) < 4.78 is 1.05. The van der Waals surface area contributed by atoms with E-state index in [9.17, 15) is 4.79 Å². The van der Waals surface area contributed by atoms with Gasteiger partial charge in [0, 0.05) is 35.6 Å². The second-order valence-corrected chi connectivity index (χ2v) is 8.65. The van der Waals surface area contributed by atoms with E-state index < -0.39 is 0 Å². The van der Waals surface area contributed by atoms with Crippen LogP contribution in [0.1, 0.15) is 52.0 Å². The van der Waals surface area contributed by atoms with E-state index in [2.05, 4.69) is 82.4 Å². The molecule has 0 N–H and O–H groups in total. The number of hydrogen-bond donors (Lipinski definition) is 0. The lowest BCUT2D eigenvalue weighted by molar-refractivity contribution is 0.0903. The Labute approximate surface area is 181 Å². The molecular weight excluding hydrogens is 422 g/mol. The monoisotopic (exact) mass is 447 g/mol. The van der Waals surface area contributed by atoms with Crippen LogP contribution < -0.4 is 0 Å². The zero-order chi connectivity index (χ0) is 20.2. The number of Topliss-reactive ketones (excluding diaryl/α,β-unsaturated/α-hetero) is 1. The van der Waals surface area contributed by atoms with Crippen molar-refractivity contribution >= 4 is 21.7 Å². The summed E-state index contributed by atoms with van der Waals surface area (Å²) in [7, 11) is 0. The Hall–Kier alpha value is -2.23. The number of benzene rings is 3. The van der Waals surface area contributed by atoms with Gasteiger partial charge in [0.1, 0.15) is 0 Å². The predicted molar refractivity (Wildman–Crippen MR) is 122 cm³/mol. The third kappa shape index (κ3) is 4.68. The molecule has 0 fully saturated rings. The molecule has 1 aliphatic heterocycles. The van der Waals surface area contributed by atoms with E-state index in [1.807, 2.05) is 18.2 Å². The second kappa shape index (κ2) is 9.06. The van der Waals surface area contributed by atoms with E-state index in [-0.39, 0.29) is 11.8 Å². The zero-order valence-electron chi connectivity index (χ0n) is 16.8. The summed E-state index contributed by atoms with van der Waals surface area (Å²) >= 11 is 3.60. The molecule has 0 aliphatic carbocycles. The van der Waals surface area contributed by atoms with Crippen LogP contribution in [0.15, 0.2) is 77.3 Å². The first-order valence-corrected chi connectivity index (χ1v) is 11.1. The molecule has 1 heterocycles. The van der Waals surface area contributed by atoms with Gasteiger partial charge in [-0.05, 0) is 47.2 Å². The fraction of sp³-hybridized carbons (Fsp3) is 0.269. The molecule has 0 spiro atoms. The quantitative estimate of drug-likeness (QED) is 0.408. The lowest BCUT2D eigenvalue weighted by Crippen LogP contribution is -2.35. The van der Waals surface area contributed by atoms with E-state index in [0.717, 1.165) is 36.0 Å². The SMILES string of the molecule is CCc1ccc(C(=O)C[C@@H](c2cccc(Br)c2)N2CCc3ccccc3C2)cc1. The minimum absolute atomic E-state index is 0.0687. The fourth-order valence-electron chi connectivity index (χ4n) is 4.18. The second-order valence-electron chi connectivity index (χ2n) is 7.74. The van der Waals surface area contributed by atoms with E-state index in [4.69, 9.17) is 0 Å². The lowest BCUT2D eigenvalue weighted by Gasteiger charge is -2.36. The van der Waals surface area contributed by atoms with Crippen LogP contribution in [0.4, 0.5) is 0 Å². The molecule has 3 heteroatoms. The van der Waals surface area contributed by atoms with Crippen LogP contribution >= 0.6 is 15.9 Å². The lowest BCUT2D eigenvalue weighted by atomic mass is 9.92. The summed E-state index contributed by atoms with van der Waals surface area (Å²) in [4.78, 5) is 15.6. The minimum Gasteiger partial charge on any atom is -0.294 e. The van der Waals surface area contributed by atoms with E-state index in [1.54, 1.807) is 0 Å². The van der Waals surface area contributed by atoms with Gasteiger partial charge in [0.15, 0.2) is 5.78 Å². The number of ketones is 1. The summed E-state index contributed by atoms with van der Waals surface area (Å²) in [5.74, 6) is 0.205. The Morgan fingerprint density at radius 1 is 1.00 bits per heavy atom. The molecule has 4 rings (SSSR count). The molecular formula is C26H26BrNO. The first kappa shape index (κ1) is 20.1. The molecule has 3 aromatic carbocycles. The van der Waals surface area contributed by atoms with Crippen LogP contribution in [0.2, 0.25) is 0 Å². The van der Waals surface area contributed by atoms with Crippen LogP contribution in [-0.4, -0.2) is 17.2 Å². The van der Waals surface area contributed by atoms with Crippen molar-refractivity contribution in [2.24, 2.45) is 0 Å². The Kier molecular flexibility index (Phi) is 6.27. The molecule has 1 aliphatic rings. The Bertz CT molecular complexity index is 996. The standard InChI is InChI=1S/C26H26BrNO/c1-2-19-10-12-21(13-11-19)26(29)17-25(22-8-5-9-24(27)16-22)28-15-14-20-6-3-4-7-23(20)18-28/h3-13,16,25H,2,14-15,17-18H2,1H3/t25-/m0/s1. The molecule has 0 unspecified atom stereocenters. The van der Waals surface area contributed by atoms with Gasteiger partial charge in [0.2, 0.25) is 0 Å². The van der Waals surface area contributed by atoms with Crippen molar-refractivity contribution in [2.45, 2.75) is 38.8 Å².